The molecule has 2 rings (SSSR count). The smallest absolute Gasteiger partial charge is 0.207 e. The molecule has 0 aliphatic heterocycles. The summed E-state index contributed by atoms with van der Waals surface area (Å²) in [4.78, 5) is 17.0. The van der Waals surface area contributed by atoms with Crippen LogP contribution in [0.3, 0.4) is 0 Å². The molecule has 0 aliphatic rings. The summed E-state index contributed by atoms with van der Waals surface area (Å²) in [5, 5.41) is 0. The average Bonchev–Trinajstić information content (AvgIpc) is 2.69. The van der Waals surface area contributed by atoms with Crippen molar-refractivity contribution >= 4 is 11.5 Å². The van der Waals surface area contributed by atoms with Crippen LogP contribution in [-0.2, 0) is 19.3 Å². The topological polar surface area (TPSA) is 29.4 Å². The molecule has 0 aliphatic carbocycles. The van der Waals surface area contributed by atoms with E-state index < -0.39 is 0 Å². The Kier molecular flexibility index (Phi) is 7.75. The van der Waals surface area contributed by atoms with E-state index in [1.54, 1.807) is 7.05 Å². The average molecular weight is 345 g/mol. The first kappa shape index (κ1) is 19.6. The van der Waals surface area contributed by atoms with Gasteiger partial charge in [-0.2, -0.15) is 0 Å². The summed E-state index contributed by atoms with van der Waals surface area (Å²) in [6.07, 6.45) is 10.8. The Morgan fingerprint density at radius 1 is 0.885 bits per heavy atom. The molecule has 0 heterocycles. The molecule has 0 saturated carbocycles. The molecule has 26 heavy (non-hydrogen) atoms. The zero-order valence-electron chi connectivity index (χ0n) is 15.9. The van der Waals surface area contributed by atoms with Crippen LogP contribution in [0.25, 0.3) is 0 Å². The van der Waals surface area contributed by atoms with Gasteiger partial charge in [-0.25, -0.2) is 0 Å². The van der Waals surface area contributed by atoms with E-state index >= 15 is 0 Å². The van der Waals surface area contributed by atoms with Crippen molar-refractivity contribution in [2.24, 2.45) is 4.99 Å². The summed E-state index contributed by atoms with van der Waals surface area (Å²) in [6, 6.07) is 16.0. The standard InChI is InChI=1S/C24H27NO/c1-4-6-11-19-15-20(12-7-5-2)17-21(16-19)18-23(25-3)24(26)22-13-9-8-10-14-22/h4-10,13-17H,11-12,18H2,1-3H3. The van der Waals surface area contributed by atoms with Crippen LogP contribution in [0, 0.1) is 0 Å². The highest BCUT2D eigenvalue weighted by molar-refractivity contribution is 6.46. The van der Waals surface area contributed by atoms with Gasteiger partial charge >= 0.3 is 0 Å². The molecule has 0 N–H and O–H groups in total. The molecule has 0 amide bonds. The van der Waals surface area contributed by atoms with Crippen molar-refractivity contribution in [3.63, 3.8) is 0 Å². The number of nitrogens with zero attached hydrogens (tertiary/aromatic N) is 1. The molecular formula is C24H27NO. The van der Waals surface area contributed by atoms with Gasteiger partial charge in [-0.05, 0) is 43.4 Å². The van der Waals surface area contributed by atoms with Crippen LogP contribution in [0.2, 0.25) is 0 Å². The number of hydrogen-bond donors (Lipinski definition) is 0. The number of carbonyl (C=O) groups excluding carboxylic acids is 1. The summed E-state index contributed by atoms with van der Waals surface area (Å²) in [5.41, 5.74) is 4.95. The zero-order chi connectivity index (χ0) is 18.8. The highest BCUT2D eigenvalue weighted by Crippen LogP contribution is 2.15. The molecule has 0 unspecified atom stereocenters. The maximum Gasteiger partial charge on any atom is 0.207 e. The van der Waals surface area contributed by atoms with Crippen LogP contribution in [0.4, 0.5) is 0 Å². The first-order valence-electron chi connectivity index (χ1n) is 9.07. The Labute approximate surface area is 157 Å². The highest BCUT2D eigenvalue weighted by atomic mass is 16.1. The Morgan fingerprint density at radius 3 is 1.92 bits per heavy atom. The van der Waals surface area contributed by atoms with Crippen LogP contribution in [0.1, 0.15) is 40.9 Å². The molecule has 2 aromatic carbocycles. The Morgan fingerprint density at radius 2 is 1.42 bits per heavy atom. The van der Waals surface area contributed by atoms with E-state index in [1.807, 2.05) is 44.2 Å². The maximum absolute atomic E-state index is 12.7. The largest absolute Gasteiger partial charge is 0.289 e. The van der Waals surface area contributed by atoms with Crippen molar-refractivity contribution < 1.29 is 4.79 Å². The van der Waals surface area contributed by atoms with Gasteiger partial charge in [0.15, 0.2) is 0 Å². The van der Waals surface area contributed by atoms with Gasteiger partial charge in [-0.15, -0.1) is 0 Å². The van der Waals surface area contributed by atoms with E-state index in [9.17, 15) is 4.79 Å². The number of aliphatic imine (C=N–C) groups is 1. The number of Topliss-reactive ketones (excluding diaryl/α,β-unsaturated/α-hetero) is 1. The van der Waals surface area contributed by atoms with Crippen molar-refractivity contribution in [1.82, 2.24) is 0 Å². The SMILES string of the molecule is CC=CCc1cc(CC=CC)cc(CC(=NC)C(=O)c2ccccc2)c1. The van der Waals surface area contributed by atoms with E-state index in [0.29, 0.717) is 17.7 Å². The predicted molar refractivity (Wildman–Crippen MR) is 111 cm³/mol. The molecule has 0 spiro atoms. The monoisotopic (exact) mass is 345 g/mol. The third-order valence-corrected chi connectivity index (χ3v) is 4.23. The van der Waals surface area contributed by atoms with E-state index in [0.717, 1.165) is 18.4 Å². The summed E-state index contributed by atoms with van der Waals surface area (Å²) in [6.45, 7) is 4.07. The molecule has 0 bridgehead atoms. The van der Waals surface area contributed by atoms with Gasteiger partial charge in [0.25, 0.3) is 0 Å². The maximum atomic E-state index is 12.7. The third-order valence-electron chi connectivity index (χ3n) is 4.23. The summed E-state index contributed by atoms with van der Waals surface area (Å²) in [5.74, 6) is 0.00182. The van der Waals surface area contributed by atoms with Gasteiger partial charge in [-0.3, -0.25) is 9.79 Å². The second-order valence-electron chi connectivity index (χ2n) is 6.25. The Bertz CT molecular complexity index is 781. The Hall–Kier alpha value is -2.74. The molecule has 134 valence electrons. The lowest BCUT2D eigenvalue weighted by Gasteiger charge is -2.10. The zero-order valence-corrected chi connectivity index (χ0v) is 15.9. The fourth-order valence-electron chi connectivity index (χ4n) is 2.90. The minimum Gasteiger partial charge on any atom is -0.289 e. The molecule has 0 saturated heterocycles. The number of hydrogen-bond acceptors (Lipinski definition) is 2. The van der Waals surface area contributed by atoms with Gasteiger partial charge in [0, 0.05) is 19.0 Å². The van der Waals surface area contributed by atoms with Gasteiger partial charge in [0.2, 0.25) is 5.78 Å². The molecule has 2 aromatic rings. The van der Waals surface area contributed by atoms with Crippen molar-refractivity contribution in [1.29, 1.82) is 0 Å². The van der Waals surface area contributed by atoms with Gasteiger partial charge < -0.3 is 0 Å². The fraction of sp³-hybridized carbons (Fsp3) is 0.250. The molecule has 0 aromatic heterocycles. The van der Waals surface area contributed by atoms with Crippen LogP contribution in [-0.4, -0.2) is 18.5 Å². The molecule has 0 radical (unpaired) electrons. The minimum absolute atomic E-state index is 0.00182. The van der Waals surface area contributed by atoms with Crippen molar-refractivity contribution in [3.05, 3.63) is 95.1 Å². The van der Waals surface area contributed by atoms with Gasteiger partial charge in [0.1, 0.15) is 0 Å². The minimum atomic E-state index is 0.00182. The third kappa shape index (κ3) is 5.66. The Balaban J connectivity index is 2.28. The quantitative estimate of drug-likeness (QED) is 0.357. The van der Waals surface area contributed by atoms with E-state index in [-0.39, 0.29) is 5.78 Å². The van der Waals surface area contributed by atoms with Crippen LogP contribution < -0.4 is 0 Å². The summed E-state index contributed by atoms with van der Waals surface area (Å²) >= 11 is 0. The summed E-state index contributed by atoms with van der Waals surface area (Å²) in [7, 11) is 1.70. The van der Waals surface area contributed by atoms with Crippen LogP contribution in [0.15, 0.2) is 77.8 Å². The molecular weight excluding hydrogens is 318 g/mol. The number of allylic oxidation sites excluding steroid dienone is 4. The van der Waals surface area contributed by atoms with E-state index in [2.05, 4.69) is 47.5 Å². The van der Waals surface area contributed by atoms with Crippen molar-refractivity contribution in [2.75, 3.05) is 7.05 Å². The molecule has 0 fully saturated rings. The number of carbonyl (C=O) groups is 1. The molecule has 2 heteroatoms. The number of rotatable bonds is 8. The van der Waals surface area contributed by atoms with E-state index in [1.165, 1.54) is 11.1 Å². The second-order valence-corrected chi connectivity index (χ2v) is 6.25. The summed E-state index contributed by atoms with van der Waals surface area (Å²) < 4.78 is 0. The van der Waals surface area contributed by atoms with Gasteiger partial charge in [0.05, 0.1) is 5.71 Å². The lowest BCUT2D eigenvalue weighted by Crippen LogP contribution is -2.17. The van der Waals surface area contributed by atoms with Crippen molar-refractivity contribution in [3.8, 4) is 0 Å². The fourth-order valence-corrected chi connectivity index (χ4v) is 2.90. The molecule has 0 atom stereocenters. The number of ketones is 1. The lowest BCUT2D eigenvalue weighted by atomic mass is 9.95. The first-order valence-corrected chi connectivity index (χ1v) is 9.07. The van der Waals surface area contributed by atoms with Crippen molar-refractivity contribution in [2.45, 2.75) is 33.1 Å². The molecule has 2 nitrogen and oxygen atoms in total. The number of benzene rings is 2. The second kappa shape index (κ2) is 10.3. The lowest BCUT2D eigenvalue weighted by molar-refractivity contribution is 0.106. The first-order chi connectivity index (χ1) is 12.7. The van der Waals surface area contributed by atoms with E-state index in [4.69, 9.17) is 0 Å². The van der Waals surface area contributed by atoms with Gasteiger partial charge in [-0.1, -0.05) is 72.8 Å². The van der Waals surface area contributed by atoms with Crippen LogP contribution >= 0.6 is 0 Å². The highest BCUT2D eigenvalue weighted by Gasteiger charge is 2.14. The predicted octanol–water partition coefficient (Wildman–Crippen LogP) is 5.42. The van der Waals surface area contributed by atoms with Crippen LogP contribution in [0.5, 0.6) is 0 Å². The normalized spacial score (nSPS) is 12.2.